The average Bonchev–Trinajstić information content (AvgIpc) is 3.56. The number of pyridine rings is 3. The van der Waals surface area contributed by atoms with Crippen LogP contribution in [0.1, 0.15) is 0 Å². The fourth-order valence-corrected chi connectivity index (χ4v) is 4.50. The van der Waals surface area contributed by atoms with Crippen molar-refractivity contribution in [3.63, 3.8) is 0 Å². The minimum atomic E-state index is -0.391. The molecule has 0 atom stereocenters. The van der Waals surface area contributed by atoms with E-state index in [9.17, 15) is 4.39 Å². The lowest BCUT2D eigenvalue weighted by Gasteiger charge is -2.11. The van der Waals surface area contributed by atoms with Crippen molar-refractivity contribution in [1.29, 1.82) is 0 Å². The Morgan fingerprint density at radius 1 is 0.872 bits per heavy atom. The Hall–Kier alpha value is -4.83. The predicted molar refractivity (Wildman–Crippen MR) is 148 cm³/mol. The van der Waals surface area contributed by atoms with Gasteiger partial charge in [-0.05, 0) is 50.5 Å². The van der Waals surface area contributed by atoms with E-state index in [2.05, 4.69) is 35.0 Å². The molecule has 0 saturated carbocycles. The van der Waals surface area contributed by atoms with Crippen LogP contribution in [0.25, 0.3) is 55.7 Å². The SMILES string of the molecule is COc1cc(F)cc(-c2nccc3[nH]c(-c4n[nH]c5ncc(-c6cncc(OCCN(C)C)c6)cc45)cc23)c1. The molecule has 0 aliphatic heterocycles. The van der Waals surface area contributed by atoms with Gasteiger partial charge in [-0.15, -0.1) is 0 Å². The van der Waals surface area contributed by atoms with E-state index >= 15 is 0 Å². The molecule has 5 heterocycles. The molecule has 0 fully saturated rings. The summed E-state index contributed by atoms with van der Waals surface area (Å²) in [7, 11) is 5.52. The Morgan fingerprint density at radius 3 is 2.56 bits per heavy atom. The molecule has 0 saturated heterocycles. The Morgan fingerprint density at radius 2 is 1.72 bits per heavy atom. The van der Waals surface area contributed by atoms with E-state index in [1.165, 1.54) is 19.2 Å². The number of hydrogen-bond acceptors (Lipinski definition) is 7. The Kier molecular flexibility index (Phi) is 6.37. The first-order valence-electron chi connectivity index (χ1n) is 12.4. The summed E-state index contributed by atoms with van der Waals surface area (Å²) in [6.45, 7) is 1.38. The maximum atomic E-state index is 14.2. The second-order valence-electron chi connectivity index (χ2n) is 9.44. The number of fused-ring (bicyclic) bond motifs is 2. The van der Waals surface area contributed by atoms with Crippen LogP contribution in [0.15, 0.2) is 67.3 Å². The van der Waals surface area contributed by atoms with Crippen molar-refractivity contribution in [2.24, 2.45) is 0 Å². The molecular weight excluding hydrogens is 497 g/mol. The second-order valence-corrected chi connectivity index (χ2v) is 9.44. The van der Waals surface area contributed by atoms with E-state index in [0.717, 1.165) is 39.7 Å². The largest absolute Gasteiger partial charge is 0.497 e. The lowest BCUT2D eigenvalue weighted by molar-refractivity contribution is 0.261. The van der Waals surface area contributed by atoms with Gasteiger partial charge in [0.15, 0.2) is 5.65 Å². The summed E-state index contributed by atoms with van der Waals surface area (Å²) in [5, 5.41) is 9.26. The monoisotopic (exact) mass is 523 g/mol. The summed E-state index contributed by atoms with van der Waals surface area (Å²) in [6, 6.07) is 12.4. The standard InChI is InChI=1S/C29H26FN7O2/c1-37(2)6-7-39-22-10-18(14-31-16-22)19-11-24-28(35-36-29(24)33-15-19)26-13-23-25(34-26)4-5-32-27(23)17-8-20(30)12-21(9-17)38-3/h4-5,8-16,34H,6-7H2,1-3H3,(H,33,35,36). The quantitative estimate of drug-likeness (QED) is 0.278. The Bertz CT molecular complexity index is 1790. The lowest BCUT2D eigenvalue weighted by atomic mass is 10.1. The molecule has 0 aliphatic carbocycles. The van der Waals surface area contributed by atoms with Gasteiger partial charge < -0.3 is 19.4 Å². The van der Waals surface area contributed by atoms with Gasteiger partial charge in [-0.2, -0.15) is 5.10 Å². The van der Waals surface area contributed by atoms with E-state index in [1.807, 2.05) is 38.4 Å². The van der Waals surface area contributed by atoms with Gasteiger partial charge in [0.25, 0.3) is 0 Å². The molecule has 10 heteroatoms. The van der Waals surface area contributed by atoms with Crippen molar-refractivity contribution < 1.29 is 13.9 Å². The third kappa shape index (κ3) is 4.89. The zero-order valence-corrected chi connectivity index (χ0v) is 21.7. The van der Waals surface area contributed by atoms with Crippen LogP contribution in [-0.2, 0) is 0 Å². The highest BCUT2D eigenvalue weighted by Crippen LogP contribution is 2.35. The molecule has 0 aliphatic rings. The Balaban J connectivity index is 1.38. The van der Waals surface area contributed by atoms with Crippen molar-refractivity contribution >= 4 is 21.9 Å². The molecule has 39 heavy (non-hydrogen) atoms. The number of aromatic amines is 2. The summed E-state index contributed by atoms with van der Waals surface area (Å²) in [4.78, 5) is 19.0. The topological polar surface area (TPSA) is 105 Å². The normalized spacial score (nSPS) is 11.5. The van der Waals surface area contributed by atoms with Crippen molar-refractivity contribution in [1.82, 2.24) is 35.0 Å². The third-order valence-electron chi connectivity index (χ3n) is 6.45. The number of halogens is 1. The first kappa shape index (κ1) is 24.5. The number of hydrogen-bond donors (Lipinski definition) is 2. The van der Waals surface area contributed by atoms with Gasteiger partial charge >= 0.3 is 0 Å². The summed E-state index contributed by atoms with van der Waals surface area (Å²) in [5.41, 5.74) is 6.05. The number of nitrogens with one attached hydrogen (secondary N) is 2. The van der Waals surface area contributed by atoms with E-state index < -0.39 is 5.82 Å². The van der Waals surface area contributed by atoms with Gasteiger partial charge in [0.05, 0.1) is 24.7 Å². The number of rotatable bonds is 8. The molecule has 2 N–H and O–H groups in total. The zero-order chi connectivity index (χ0) is 26.9. The van der Waals surface area contributed by atoms with Crippen molar-refractivity contribution in [3.8, 4) is 45.3 Å². The minimum Gasteiger partial charge on any atom is -0.497 e. The van der Waals surface area contributed by atoms with Crippen LogP contribution in [0.4, 0.5) is 4.39 Å². The average molecular weight is 524 g/mol. The number of benzene rings is 1. The molecule has 6 rings (SSSR count). The van der Waals surface area contributed by atoms with Crippen molar-refractivity contribution in [2.75, 3.05) is 34.4 Å². The summed E-state index contributed by atoms with van der Waals surface area (Å²) >= 11 is 0. The fraction of sp³-hybridized carbons (Fsp3) is 0.172. The van der Waals surface area contributed by atoms with Gasteiger partial charge in [0.2, 0.25) is 0 Å². The Labute approximate surface area is 223 Å². The number of nitrogens with zero attached hydrogens (tertiary/aromatic N) is 5. The molecule has 5 aromatic heterocycles. The summed E-state index contributed by atoms with van der Waals surface area (Å²) in [6.07, 6.45) is 6.97. The van der Waals surface area contributed by atoms with Crippen molar-refractivity contribution in [3.05, 3.63) is 73.1 Å². The smallest absolute Gasteiger partial charge is 0.155 e. The number of methoxy groups -OCH3 is 1. The predicted octanol–water partition coefficient (Wildman–Crippen LogP) is 5.32. The summed E-state index contributed by atoms with van der Waals surface area (Å²) in [5.74, 6) is 0.738. The first-order valence-corrected chi connectivity index (χ1v) is 12.4. The molecule has 196 valence electrons. The van der Waals surface area contributed by atoms with Crippen LogP contribution in [0.3, 0.4) is 0 Å². The van der Waals surface area contributed by atoms with Gasteiger partial charge in [0.1, 0.15) is 29.6 Å². The number of ether oxygens (including phenoxy) is 2. The van der Waals surface area contributed by atoms with E-state index in [4.69, 9.17) is 9.47 Å². The van der Waals surface area contributed by atoms with Crippen LogP contribution < -0.4 is 9.47 Å². The first-order chi connectivity index (χ1) is 19.0. The number of H-pyrrole nitrogens is 2. The highest BCUT2D eigenvalue weighted by atomic mass is 19.1. The molecule has 0 radical (unpaired) electrons. The lowest BCUT2D eigenvalue weighted by Crippen LogP contribution is -2.19. The third-order valence-corrected chi connectivity index (χ3v) is 6.45. The van der Waals surface area contributed by atoms with Gasteiger partial charge in [0, 0.05) is 64.2 Å². The van der Waals surface area contributed by atoms with Gasteiger partial charge in [-0.1, -0.05) is 0 Å². The maximum absolute atomic E-state index is 14.2. The molecule has 0 unspecified atom stereocenters. The zero-order valence-electron chi connectivity index (χ0n) is 21.7. The highest BCUT2D eigenvalue weighted by molar-refractivity contribution is 6.00. The molecule has 0 amide bonds. The van der Waals surface area contributed by atoms with Crippen molar-refractivity contribution in [2.45, 2.75) is 0 Å². The fourth-order valence-electron chi connectivity index (χ4n) is 4.50. The van der Waals surface area contributed by atoms with Gasteiger partial charge in [-0.3, -0.25) is 15.1 Å². The van der Waals surface area contributed by atoms with Crippen LogP contribution in [0.5, 0.6) is 11.5 Å². The highest BCUT2D eigenvalue weighted by Gasteiger charge is 2.16. The van der Waals surface area contributed by atoms with Crippen LogP contribution >= 0.6 is 0 Å². The van der Waals surface area contributed by atoms with Crippen LogP contribution in [0, 0.1) is 5.82 Å². The molecule has 1 aromatic carbocycles. The molecule has 0 bridgehead atoms. The molecular formula is C29H26FN7O2. The van der Waals surface area contributed by atoms with E-state index in [1.54, 1.807) is 30.9 Å². The van der Waals surface area contributed by atoms with Crippen LogP contribution in [-0.4, -0.2) is 69.4 Å². The molecule has 0 spiro atoms. The number of likely N-dealkylation sites (N-methyl/N-ethyl adjacent to an activating group) is 1. The van der Waals surface area contributed by atoms with E-state index in [-0.39, 0.29) is 0 Å². The number of aromatic nitrogens is 6. The van der Waals surface area contributed by atoms with Crippen LogP contribution in [0.2, 0.25) is 0 Å². The maximum Gasteiger partial charge on any atom is 0.155 e. The van der Waals surface area contributed by atoms with E-state index in [0.29, 0.717) is 40.7 Å². The minimum absolute atomic E-state index is 0.391. The van der Waals surface area contributed by atoms with Gasteiger partial charge in [-0.25, -0.2) is 9.37 Å². The molecule has 9 nitrogen and oxygen atoms in total. The second kappa shape index (κ2) is 10.1. The molecule has 6 aromatic rings. The summed E-state index contributed by atoms with van der Waals surface area (Å²) < 4.78 is 25.4.